The summed E-state index contributed by atoms with van der Waals surface area (Å²) in [5.41, 5.74) is 1.31. The molecular weight excluding hydrogens is 136 g/mol. The van der Waals surface area contributed by atoms with E-state index in [-0.39, 0.29) is 6.61 Å². The fourth-order valence-electron chi connectivity index (χ4n) is 0.883. The van der Waals surface area contributed by atoms with E-state index in [0.717, 1.165) is 12.8 Å². The second-order valence-corrected chi connectivity index (χ2v) is 3.09. The van der Waals surface area contributed by atoms with Gasteiger partial charge in [-0.1, -0.05) is 17.7 Å². The van der Waals surface area contributed by atoms with E-state index < -0.39 is 0 Å². The minimum absolute atomic E-state index is 0.260. The standard InChI is InChI=1S/C10H18O/c1-4-5-10(8-11)7-6-9(2)3/h4,6,10-11H,1,5,7-8H2,2-3H3. The Kier molecular flexibility index (Phi) is 5.86. The number of aliphatic hydroxyl groups is 1. The Morgan fingerprint density at radius 3 is 2.45 bits per heavy atom. The van der Waals surface area contributed by atoms with Crippen LogP contribution in [0.2, 0.25) is 0 Å². The van der Waals surface area contributed by atoms with Gasteiger partial charge in [-0.15, -0.1) is 6.58 Å². The van der Waals surface area contributed by atoms with Crippen molar-refractivity contribution in [1.82, 2.24) is 0 Å². The van der Waals surface area contributed by atoms with Crippen molar-refractivity contribution in [3.05, 3.63) is 24.3 Å². The summed E-state index contributed by atoms with van der Waals surface area (Å²) in [6.45, 7) is 8.05. The van der Waals surface area contributed by atoms with Crippen LogP contribution in [0.15, 0.2) is 24.3 Å². The Bertz CT molecular complexity index is 132. The summed E-state index contributed by atoms with van der Waals surface area (Å²) in [6.07, 6.45) is 5.88. The van der Waals surface area contributed by atoms with E-state index in [9.17, 15) is 0 Å². The van der Waals surface area contributed by atoms with E-state index in [2.05, 4.69) is 26.5 Å². The van der Waals surface area contributed by atoms with Gasteiger partial charge >= 0.3 is 0 Å². The number of rotatable bonds is 5. The third-order valence-electron chi connectivity index (χ3n) is 1.62. The lowest BCUT2D eigenvalue weighted by molar-refractivity contribution is 0.228. The van der Waals surface area contributed by atoms with Gasteiger partial charge in [0.15, 0.2) is 0 Å². The molecule has 1 heteroatoms. The molecule has 0 spiro atoms. The zero-order chi connectivity index (χ0) is 8.69. The van der Waals surface area contributed by atoms with Gasteiger partial charge in [-0.2, -0.15) is 0 Å². The number of allylic oxidation sites excluding steroid dienone is 3. The maximum atomic E-state index is 8.89. The van der Waals surface area contributed by atoms with Crippen LogP contribution in [-0.2, 0) is 0 Å². The van der Waals surface area contributed by atoms with Crippen LogP contribution in [0.3, 0.4) is 0 Å². The van der Waals surface area contributed by atoms with Crippen molar-refractivity contribution >= 4 is 0 Å². The highest BCUT2D eigenvalue weighted by atomic mass is 16.3. The topological polar surface area (TPSA) is 20.2 Å². The molecule has 0 rings (SSSR count). The molecule has 64 valence electrons. The van der Waals surface area contributed by atoms with Gasteiger partial charge < -0.3 is 5.11 Å². The summed E-state index contributed by atoms with van der Waals surface area (Å²) in [4.78, 5) is 0. The first kappa shape index (κ1) is 10.4. The molecule has 1 N–H and O–H groups in total. The maximum Gasteiger partial charge on any atom is 0.0465 e. The Morgan fingerprint density at radius 2 is 2.09 bits per heavy atom. The molecule has 0 aliphatic heterocycles. The Hall–Kier alpha value is -0.560. The van der Waals surface area contributed by atoms with Crippen LogP contribution in [-0.4, -0.2) is 11.7 Å². The largest absolute Gasteiger partial charge is 0.396 e. The van der Waals surface area contributed by atoms with Crippen LogP contribution in [0.25, 0.3) is 0 Å². The van der Waals surface area contributed by atoms with Crippen molar-refractivity contribution in [2.24, 2.45) is 5.92 Å². The predicted molar refractivity (Wildman–Crippen MR) is 49.4 cm³/mol. The average Bonchev–Trinajstić information content (AvgIpc) is 1.97. The number of hydrogen-bond donors (Lipinski definition) is 1. The molecule has 0 aliphatic carbocycles. The molecule has 1 nitrogen and oxygen atoms in total. The first-order valence-corrected chi connectivity index (χ1v) is 4.05. The van der Waals surface area contributed by atoms with Gasteiger partial charge in [0, 0.05) is 6.61 Å². The molecule has 0 amide bonds. The molecular formula is C10H18O. The number of hydrogen-bond acceptors (Lipinski definition) is 1. The molecule has 0 heterocycles. The summed E-state index contributed by atoms with van der Waals surface area (Å²) in [5, 5.41) is 8.89. The van der Waals surface area contributed by atoms with Gasteiger partial charge in [-0.3, -0.25) is 0 Å². The van der Waals surface area contributed by atoms with E-state index in [4.69, 9.17) is 5.11 Å². The second kappa shape index (κ2) is 6.17. The fourth-order valence-corrected chi connectivity index (χ4v) is 0.883. The molecule has 0 saturated carbocycles. The van der Waals surface area contributed by atoms with E-state index in [1.54, 1.807) is 0 Å². The quantitative estimate of drug-likeness (QED) is 0.603. The van der Waals surface area contributed by atoms with E-state index in [1.165, 1.54) is 5.57 Å². The average molecular weight is 154 g/mol. The molecule has 1 unspecified atom stereocenters. The van der Waals surface area contributed by atoms with Gasteiger partial charge in [0.05, 0.1) is 0 Å². The van der Waals surface area contributed by atoms with Gasteiger partial charge in [0.2, 0.25) is 0 Å². The van der Waals surface area contributed by atoms with E-state index in [0.29, 0.717) is 5.92 Å². The molecule has 0 aromatic heterocycles. The molecule has 0 aliphatic rings. The lowest BCUT2D eigenvalue weighted by Crippen LogP contribution is -2.03. The highest BCUT2D eigenvalue weighted by molar-refractivity contribution is 4.94. The molecule has 0 saturated heterocycles. The predicted octanol–water partition coefficient (Wildman–Crippen LogP) is 2.53. The van der Waals surface area contributed by atoms with Crippen molar-refractivity contribution in [1.29, 1.82) is 0 Å². The molecule has 0 aromatic rings. The minimum Gasteiger partial charge on any atom is -0.396 e. The molecule has 0 radical (unpaired) electrons. The van der Waals surface area contributed by atoms with Crippen LogP contribution in [0.4, 0.5) is 0 Å². The summed E-state index contributed by atoms with van der Waals surface area (Å²) < 4.78 is 0. The third-order valence-corrected chi connectivity index (χ3v) is 1.62. The first-order valence-electron chi connectivity index (χ1n) is 4.05. The highest BCUT2D eigenvalue weighted by Gasteiger charge is 2.01. The Morgan fingerprint density at radius 1 is 1.45 bits per heavy atom. The summed E-state index contributed by atoms with van der Waals surface area (Å²) in [5.74, 6) is 0.363. The van der Waals surface area contributed by atoms with Crippen LogP contribution >= 0.6 is 0 Å². The zero-order valence-electron chi connectivity index (χ0n) is 7.51. The van der Waals surface area contributed by atoms with E-state index in [1.807, 2.05) is 6.08 Å². The van der Waals surface area contributed by atoms with Gasteiger partial charge in [-0.25, -0.2) is 0 Å². The summed E-state index contributed by atoms with van der Waals surface area (Å²) in [7, 11) is 0. The minimum atomic E-state index is 0.260. The lowest BCUT2D eigenvalue weighted by atomic mass is 10.0. The van der Waals surface area contributed by atoms with Crippen molar-refractivity contribution < 1.29 is 5.11 Å². The highest BCUT2D eigenvalue weighted by Crippen LogP contribution is 2.10. The van der Waals surface area contributed by atoms with Crippen LogP contribution < -0.4 is 0 Å². The summed E-state index contributed by atoms with van der Waals surface area (Å²) in [6, 6.07) is 0. The molecule has 11 heavy (non-hydrogen) atoms. The van der Waals surface area contributed by atoms with Gasteiger partial charge in [0.25, 0.3) is 0 Å². The monoisotopic (exact) mass is 154 g/mol. The third kappa shape index (κ3) is 5.86. The molecule has 1 atom stereocenters. The second-order valence-electron chi connectivity index (χ2n) is 3.09. The van der Waals surface area contributed by atoms with Crippen LogP contribution in [0, 0.1) is 5.92 Å². The lowest BCUT2D eigenvalue weighted by Gasteiger charge is -2.07. The smallest absolute Gasteiger partial charge is 0.0465 e. The molecule has 0 aromatic carbocycles. The van der Waals surface area contributed by atoms with Crippen molar-refractivity contribution in [2.45, 2.75) is 26.7 Å². The summed E-state index contributed by atoms with van der Waals surface area (Å²) >= 11 is 0. The Labute approximate surface area is 69.4 Å². The van der Waals surface area contributed by atoms with Crippen LogP contribution in [0.1, 0.15) is 26.7 Å². The normalized spacial score (nSPS) is 12.3. The zero-order valence-corrected chi connectivity index (χ0v) is 7.51. The molecule has 0 bridgehead atoms. The van der Waals surface area contributed by atoms with Crippen LogP contribution in [0.5, 0.6) is 0 Å². The molecule has 0 fully saturated rings. The number of aliphatic hydroxyl groups excluding tert-OH is 1. The Balaban J connectivity index is 3.68. The van der Waals surface area contributed by atoms with Crippen molar-refractivity contribution in [3.8, 4) is 0 Å². The maximum absolute atomic E-state index is 8.89. The van der Waals surface area contributed by atoms with Gasteiger partial charge in [-0.05, 0) is 32.6 Å². The van der Waals surface area contributed by atoms with Crippen molar-refractivity contribution in [2.75, 3.05) is 6.61 Å². The van der Waals surface area contributed by atoms with Gasteiger partial charge in [0.1, 0.15) is 0 Å². The van der Waals surface area contributed by atoms with Crippen molar-refractivity contribution in [3.63, 3.8) is 0 Å². The SMILES string of the molecule is C=CCC(CO)CC=C(C)C. The van der Waals surface area contributed by atoms with E-state index >= 15 is 0 Å². The fraction of sp³-hybridized carbons (Fsp3) is 0.600. The first-order chi connectivity index (χ1) is 5.20.